The molecule has 366 valence electrons. The van der Waals surface area contributed by atoms with Gasteiger partial charge in [0.25, 0.3) is 11.7 Å². The molecule has 0 aromatic rings. The fourth-order valence-corrected chi connectivity index (χ4v) is 10.6. The van der Waals surface area contributed by atoms with Crippen LogP contribution >= 0.6 is 0 Å². The molecule has 4 aliphatic rings. The number of rotatable bonds is 6. The van der Waals surface area contributed by atoms with E-state index in [-0.39, 0.29) is 66.8 Å². The van der Waals surface area contributed by atoms with Crippen LogP contribution in [0.1, 0.15) is 139 Å². The molecule has 0 spiro atoms. The first-order valence-electron chi connectivity index (χ1n) is 24.6. The van der Waals surface area contributed by atoms with Crippen molar-refractivity contribution < 1.29 is 52.8 Å². The molecule has 3 fully saturated rings. The molecule has 4 rings (SSSR count). The molecule has 12 heteroatoms. The Balaban J connectivity index is 1.70. The number of cyclic esters (lactones) is 1. The summed E-state index contributed by atoms with van der Waals surface area (Å²) in [6, 6.07) is -1.07. The fourth-order valence-electron chi connectivity index (χ4n) is 10.6. The first kappa shape index (κ1) is 54.3. The maximum Gasteiger partial charge on any atom is 0.329 e. The molecule has 1 unspecified atom stereocenters. The van der Waals surface area contributed by atoms with Crippen molar-refractivity contribution in [1.82, 2.24) is 4.90 Å². The van der Waals surface area contributed by atoms with E-state index in [1.165, 1.54) is 4.90 Å². The van der Waals surface area contributed by atoms with Crippen molar-refractivity contribution >= 4 is 29.2 Å². The number of methoxy groups -OCH3 is 3. The summed E-state index contributed by atoms with van der Waals surface area (Å²) in [6.07, 6.45) is 16.4. The monoisotopic (exact) mass is 910 g/mol. The standard InChI is InChI=1S/C53H83NO11/c1-32-18-14-13-15-19-33(2)46(62-11)30-42-24-22-39(8)53(60,65-42)50(57)51(58)54-25-17-16-20-43(54)52(59)64-47(37(6)28-41-23-21-34(3)45(29-41)61-10)31-44(55)36(5)27-35(4)40(9)49(63-12)48(56)38(7)26-32/h13-15,18-19,27,32,34,36-43,45-47,49,60H,16-17,20-26,28-31H2,1-12H3/b15-13?,18-14+,33-19?,35-27+/t32-,34-,36-,37-,38-,39-,40-,41+,42?,43+,45-,46+,47+,49-,53-/m1/s1. The number of ketones is 3. The first-order chi connectivity index (χ1) is 30.7. The van der Waals surface area contributed by atoms with Crippen LogP contribution in [0.25, 0.3) is 0 Å². The van der Waals surface area contributed by atoms with E-state index < -0.39 is 59.6 Å². The fraction of sp³-hybridized carbons (Fsp3) is 0.755. The summed E-state index contributed by atoms with van der Waals surface area (Å²) < 4.78 is 30.1. The first-order valence-corrected chi connectivity index (χ1v) is 24.6. The summed E-state index contributed by atoms with van der Waals surface area (Å²) in [5, 5.41) is 12.0. The van der Waals surface area contributed by atoms with Crippen LogP contribution in [-0.2, 0) is 47.7 Å². The van der Waals surface area contributed by atoms with Crippen molar-refractivity contribution in [3.63, 3.8) is 0 Å². The van der Waals surface area contributed by atoms with Gasteiger partial charge in [-0.3, -0.25) is 19.2 Å². The number of nitrogens with zero attached hydrogens (tertiary/aromatic N) is 1. The van der Waals surface area contributed by atoms with E-state index in [0.717, 1.165) is 30.4 Å². The van der Waals surface area contributed by atoms with Crippen molar-refractivity contribution in [2.75, 3.05) is 27.9 Å². The van der Waals surface area contributed by atoms with Crippen LogP contribution in [0.4, 0.5) is 0 Å². The maximum atomic E-state index is 14.4. The van der Waals surface area contributed by atoms with Gasteiger partial charge in [0.15, 0.2) is 5.78 Å². The van der Waals surface area contributed by atoms with Crippen molar-refractivity contribution in [3.05, 3.63) is 47.6 Å². The van der Waals surface area contributed by atoms with Crippen LogP contribution in [0.2, 0.25) is 0 Å². The highest BCUT2D eigenvalue weighted by Crippen LogP contribution is 2.38. The molecule has 1 amide bonds. The summed E-state index contributed by atoms with van der Waals surface area (Å²) in [7, 11) is 4.90. The zero-order valence-electron chi connectivity index (χ0n) is 41.7. The highest BCUT2D eigenvalue weighted by molar-refractivity contribution is 6.39. The van der Waals surface area contributed by atoms with Gasteiger partial charge in [0.2, 0.25) is 5.79 Å². The Morgan fingerprint density at radius 3 is 2.23 bits per heavy atom. The van der Waals surface area contributed by atoms with Crippen molar-refractivity contribution in [2.24, 2.45) is 47.3 Å². The number of ether oxygens (including phenoxy) is 5. The third-order valence-corrected chi connectivity index (χ3v) is 15.3. The third kappa shape index (κ3) is 14.4. The molecule has 2 bridgehead atoms. The SMILES string of the molecule is CO[C@H]1CC2CC[C@@H](C)[C@@](O)(O2)C(=O)C(=O)N2CCCC[C@H]2C(=O)O[C@H]([C@H](C)C[C@@H]2CC[C@@H](C)[C@H](OC)C2)CC(=O)[C@H](C)/C=C(\C)[C@@H](C)[C@@H](OC)C(=O)[C@H](C)C[C@H](C)/C=C/C=CC=C1C. The quantitative estimate of drug-likeness (QED) is 0.155. The molecule has 2 saturated heterocycles. The van der Waals surface area contributed by atoms with E-state index in [0.29, 0.717) is 56.8 Å². The number of aliphatic hydroxyl groups is 1. The van der Waals surface area contributed by atoms with Crippen LogP contribution in [-0.4, -0.2) is 109 Å². The van der Waals surface area contributed by atoms with Gasteiger partial charge in [-0.1, -0.05) is 90.5 Å². The Kier molecular flexibility index (Phi) is 21.0. The van der Waals surface area contributed by atoms with Crippen LogP contribution in [0, 0.1) is 47.3 Å². The number of hydrogen-bond donors (Lipinski definition) is 1. The van der Waals surface area contributed by atoms with E-state index in [4.69, 9.17) is 23.7 Å². The second-order valence-electron chi connectivity index (χ2n) is 20.3. The molecular weight excluding hydrogens is 827 g/mol. The van der Waals surface area contributed by atoms with Gasteiger partial charge in [-0.25, -0.2) is 4.79 Å². The lowest BCUT2D eigenvalue weighted by Gasteiger charge is -2.42. The zero-order chi connectivity index (χ0) is 48.2. The minimum absolute atomic E-state index is 0.0102. The largest absolute Gasteiger partial charge is 0.460 e. The Morgan fingerprint density at radius 1 is 0.831 bits per heavy atom. The Bertz CT molecular complexity index is 1750. The van der Waals surface area contributed by atoms with Gasteiger partial charge in [-0.05, 0) is 107 Å². The van der Waals surface area contributed by atoms with E-state index in [1.807, 2.05) is 71.9 Å². The number of piperidine rings is 1. The summed E-state index contributed by atoms with van der Waals surface area (Å²) >= 11 is 0. The summed E-state index contributed by atoms with van der Waals surface area (Å²) in [5.74, 6) is -6.38. The van der Waals surface area contributed by atoms with Crippen LogP contribution in [0.3, 0.4) is 0 Å². The molecule has 1 N–H and O–H groups in total. The molecular formula is C53H83NO11. The second kappa shape index (κ2) is 25.2. The van der Waals surface area contributed by atoms with Gasteiger partial charge < -0.3 is 33.7 Å². The smallest absolute Gasteiger partial charge is 0.329 e. The zero-order valence-corrected chi connectivity index (χ0v) is 41.7. The van der Waals surface area contributed by atoms with Crippen molar-refractivity contribution in [1.29, 1.82) is 0 Å². The maximum absolute atomic E-state index is 14.4. The molecule has 1 saturated carbocycles. The van der Waals surface area contributed by atoms with Gasteiger partial charge in [0.1, 0.15) is 24.0 Å². The van der Waals surface area contributed by atoms with Gasteiger partial charge >= 0.3 is 5.97 Å². The molecule has 12 nitrogen and oxygen atoms in total. The topological polar surface area (TPSA) is 155 Å². The molecule has 0 aromatic carbocycles. The molecule has 65 heavy (non-hydrogen) atoms. The van der Waals surface area contributed by atoms with Gasteiger partial charge in [-0.2, -0.15) is 0 Å². The summed E-state index contributed by atoms with van der Waals surface area (Å²) in [4.78, 5) is 72.3. The highest BCUT2D eigenvalue weighted by Gasteiger charge is 2.53. The second-order valence-corrected chi connectivity index (χ2v) is 20.3. The van der Waals surface area contributed by atoms with E-state index in [9.17, 15) is 29.1 Å². The van der Waals surface area contributed by atoms with E-state index in [1.54, 1.807) is 28.3 Å². The van der Waals surface area contributed by atoms with Crippen molar-refractivity contribution in [2.45, 2.75) is 182 Å². The Morgan fingerprint density at radius 2 is 1.55 bits per heavy atom. The summed E-state index contributed by atoms with van der Waals surface area (Å²) in [5.41, 5.74) is 1.77. The molecule has 0 radical (unpaired) electrons. The number of hydrogen-bond acceptors (Lipinski definition) is 11. The van der Waals surface area contributed by atoms with Crippen LogP contribution in [0.15, 0.2) is 47.6 Å². The number of fused-ring (bicyclic) bond motifs is 3. The molecule has 1 aliphatic carbocycles. The molecule has 3 heterocycles. The van der Waals surface area contributed by atoms with Crippen molar-refractivity contribution in [3.8, 4) is 0 Å². The number of Topliss-reactive ketones (excluding diaryl/α,β-unsaturated/α-hetero) is 3. The Hall–Kier alpha value is -3.29. The lowest BCUT2D eigenvalue weighted by Crippen LogP contribution is -2.61. The normalized spacial score (nSPS) is 39.1. The van der Waals surface area contributed by atoms with Crippen LogP contribution < -0.4 is 0 Å². The number of esters is 1. The average Bonchev–Trinajstić information content (AvgIpc) is 3.28. The van der Waals surface area contributed by atoms with E-state index >= 15 is 0 Å². The summed E-state index contributed by atoms with van der Waals surface area (Å²) in [6.45, 7) is 17.7. The molecule has 0 aromatic heterocycles. The number of carbonyl (C=O) groups is 5. The van der Waals surface area contributed by atoms with Gasteiger partial charge in [0.05, 0.1) is 18.3 Å². The van der Waals surface area contributed by atoms with Gasteiger partial charge in [0, 0.05) is 64.4 Å². The number of amides is 1. The number of carbonyl (C=O) groups excluding carboxylic acids is 5. The predicted molar refractivity (Wildman–Crippen MR) is 251 cm³/mol. The highest BCUT2D eigenvalue weighted by atomic mass is 16.6. The van der Waals surface area contributed by atoms with Gasteiger partial charge in [-0.15, -0.1) is 0 Å². The average molecular weight is 910 g/mol. The minimum Gasteiger partial charge on any atom is -0.460 e. The predicted octanol–water partition coefficient (Wildman–Crippen LogP) is 8.73. The third-order valence-electron chi connectivity index (χ3n) is 15.3. The molecule has 15 atom stereocenters. The molecule has 3 aliphatic heterocycles. The lowest BCUT2D eigenvalue weighted by molar-refractivity contribution is -0.265. The minimum atomic E-state index is -2.39. The number of allylic oxidation sites excluding steroid dienone is 6. The Labute approximate surface area is 390 Å². The van der Waals surface area contributed by atoms with E-state index in [2.05, 4.69) is 19.9 Å². The lowest BCUT2D eigenvalue weighted by atomic mass is 9.76. The van der Waals surface area contributed by atoms with Crippen LogP contribution in [0.5, 0.6) is 0 Å².